The molecule has 0 aliphatic carbocycles. The molecular formula is C13H7F3O4. The molecule has 0 amide bonds. The second-order valence-electron chi connectivity index (χ2n) is 3.73. The molecule has 0 bridgehead atoms. The Hall–Kier alpha value is -2.57. The molecule has 0 radical (unpaired) electrons. The third kappa shape index (κ3) is 2.56. The maximum absolute atomic E-state index is 12.8. The monoisotopic (exact) mass is 284 g/mol. The minimum absolute atomic E-state index is 0.130. The van der Waals surface area contributed by atoms with Gasteiger partial charge in [0.15, 0.2) is 5.58 Å². The third-order valence-electron chi connectivity index (χ3n) is 2.41. The first-order valence-electron chi connectivity index (χ1n) is 5.31. The highest BCUT2D eigenvalue weighted by atomic mass is 19.4. The molecular weight excluding hydrogens is 277 g/mol. The summed E-state index contributed by atoms with van der Waals surface area (Å²) in [6.45, 7) is 3.16. The van der Waals surface area contributed by atoms with Crippen LogP contribution in [0.4, 0.5) is 13.2 Å². The minimum Gasteiger partial charge on any atom is -0.422 e. The number of hydrogen-bond donors (Lipinski definition) is 0. The topological polar surface area (TPSA) is 56.5 Å². The molecule has 20 heavy (non-hydrogen) atoms. The van der Waals surface area contributed by atoms with Gasteiger partial charge in [-0.15, -0.1) is 0 Å². The van der Waals surface area contributed by atoms with Gasteiger partial charge in [0.1, 0.15) is 5.75 Å². The lowest BCUT2D eigenvalue weighted by atomic mass is 10.1. The number of esters is 1. The zero-order chi connectivity index (χ0) is 14.9. The molecule has 0 aliphatic rings. The second-order valence-corrected chi connectivity index (χ2v) is 3.73. The quantitative estimate of drug-likeness (QED) is 0.483. The number of carbonyl (C=O) groups excluding carboxylic acids is 1. The van der Waals surface area contributed by atoms with Gasteiger partial charge in [-0.05, 0) is 12.1 Å². The highest BCUT2D eigenvalue weighted by Crippen LogP contribution is 2.36. The van der Waals surface area contributed by atoms with E-state index >= 15 is 0 Å². The zero-order valence-electron chi connectivity index (χ0n) is 9.86. The van der Waals surface area contributed by atoms with Crippen LogP contribution in [0.5, 0.6) is 5.75 Å². The molecule has 7 heteroatoms. The van der Waals surface area contributed by atoms with Crippen molar-refractivity contribution < 1.29 is 27.1 Å². The summed E-state index contributed by atoms with van der Waals surface area (Å²) >= 11 is 0. The summed E-state index contributed by atoms with van der Waals surface area (Å²) in [4.78, 5) is 22.4. The Morgan fingerprint density at radius 2 is 2.05 bits per heavy atom. The van der Waals surface area contributed by atoms with Crippen LogP contribution in [-0.2, 0) is 11.0 Å². The average molecular weight is 284 g/mol. The standard InChI is InChI=1S/C13H7F3O4/c1-2-10(17)19-9-6-11(18)20-12-7(9)4-3-5-8(12)13(14,15)16/h2-6H,1H2. The Bertz CT molecular complexity index is 743. The lowest BCUT2D eigenvalue weighted by Gasteiger charge is -2.10. The van der Waals surface area contributed by atoms with Gasteiger partial charge in [-0.3, -0.25) is 0 Å². The number of ether oxygens (including phenoxy) is 1. The molecule has 2 aromatic rings. The van der Waals surface area contributed by atoms with E-state index in [1.54, 1.807) is 0 Å². The van der Waals surface area contributed by atoms with Crippen molar-refractivity contribution in [3.63, 3.8) is 0 Å². The van der Waals surface area contributed by atoms with Gasteiger partial charge in [-0.25, -0.2) is 9.59 Å². The van der Waals surface area contributed by atoms with Crippen LogP contribution in [0.1, 0.15) is 5.56 Å². The molecule has 0 spiro atoms. The van der Waals surface area contributed by atoms with E-state index in [2.05, 4.69) is 11.0 Å². The van der Waals surface area contributed by atoms with E-state index in [9.17, 15) is 22.8 Å². The number of fused-ring (bicyclic) bond motifs is 1. The van der Waals surface area contributed by atoms with E-state index in [-0.39, 0.29) is 11.1 Å². The van der Waals surface area contributed by atoms with E-state index in [0.717, 1.165) is 24.3 Å². The highest BCUT2D eigenvalue weighted by Gasteiger charge is 2.34. The molecule has 0 N–H and O–H groups in total. The van der Waals surface area contributed by atoms with Gasteiger partial charge in [-0.2, -0.15) is 13.2 Å². The molecule has 0 aliphatic heterocycles. The predicted molar refractivity (Wildman–Crippen MR) is 63.3 cm³/mol. The maximum atomic E-state index is 12.8. The fourth-order valence-electron chi connectivity index (χ4n) is 1.61. The normalized spacial score (nSPS) is 11.3. The number of alkyl halides is 3. The smallest absolute Gasteiger partial charge is 0.420 e. The number of benzene rings is 1. The van der Waals surface area contributed by atoms with Crippen LogP contribution in [-0.4, -0.2) is 5.97 Å². The summed E-state index contributed by atoms with van der Waals surface area (Å²) in [7, 11) is 0. The molecule has 0 saturated heterocycles. The number of halogens is 3. The number of rotatable bonds is 2. The maximum Gasteiger partial charge on any atom is 0.420 e. The highest BCUT2D eigenvalue weighted by molar-refractivity contribution is 5.90. The van der Waals surface area contributed by atoms with E-state index < -0.39 is 28.9 Å². The number of carbonyl (C=O) groups is 1. The number of hydrogen-bond acceptors (Lipinski definition) is 4. The minimum atomic E-state index is -4.70. The molecule has 4 nitrogen and oxygen atoms in total. The van der Waals surface area contributed by atoms with Crippen LogP contribution >= 0.6 is 0 Å². The van der Waals surface area contributed by atoms with Gasteiger partial charge in [0, 0.05) is 6.08 Å². The van der Waals surface area contributed by atoms with Crippen molar-refractivity contribution in [3.8, 4) is 5.75 Å². The van der Waals surface area contributed by atoms with Crippen LogP contribution in [0.2, 0.25) is 0 Å². The summed E-state index contributed by atoms with van der Waals surface area (Å²) in [5, 5.41) is -0.130. The third-order valence-corrected chi connectivity index (χ3v) is 2.41. The van der Waals surface area contributed by atoms with E-state index in [4.69, 9.17) is 4.74 Å². The zero-order valence-corrected chi connectivity index (χ0v) is 9.86. The molecule has 1 heterocycles. The molecule has 0 unspecified atom stereocenters. The van der Waals surface area contributed by atoms with Gasteiger partial charge in [0.05, 0.1) is 17.0 Å². The van der Waals surface area contributed by atoms with Crippen molar-refractivity contribution in [1.29, 1.82) is 0 Å². The van der Waals surface area contributed by atoms with Gasteiger partial charge in [-0.1, -0.05) is 12.6 Å². The molecule has 1 aromatic carbocycles. The van der Waals surface area contributed by atoms with Crippen molar-refractivity contribution in [1.82, 2.24) is 0 Å². The van der Waals surface area contributed by atoms with Gasteiger partial charge in [0.25, 0.3) is 0 Å². The van der Waals surface area contributed by atoms with Gasteiger partial charge in [0.2, 0.25) is 0 Å². The summed E-state index contributed by atoms with van der Waals surface area (Å²) in [6, 6.07) is 3.93. The molecule has 0 saturated carbocycles. The Labute approximate surface area is 110 Å². The Kier molecular flexibility index (Phi) is 3.35. The predicted octanol–water partition coefficient (Wildman–Crippen LogP) is 2.90. The van der Waals surface area contributed by atoms with Crippen molar-refractivity contribution in [2.24, 2.45) is 0 Å². The lowest BCUT2D eigenvalue weighted by molar-refractivity contribution is -0.136. The van der Waals surface area contributed by atoms with Gasteiger partial charge < -0.3 is 9.15 Å². The van der Waals surface area contributed by atoms with Crippen molar-refractivity contribution in [2.45, 2.75) is 6.18 Å². The summed E-state index contributed by atoms with van der Waals surface area (Å²) in [6.07, 6.45) is -3.87. The first-order chi connectivity index (χ1) is 9.32. The van der Waals surface area contributed by atoms with Crippen LogP contribution < -0.4 is 10.4 Å². The molecule has 1 aromatic heterocycles. The van der Waals surface area contributed by atoms with Crippen LogP contribution in [0.25, 0.3) is 11.0 Å². The second kappa shape index (κ2) is 4.84. The molecule has 2 rings (SSSR count). The first-order valence-corrected chi connectivity index (χ1v) is 5.31. The van der Waals surface area contributed by atoms with Crippen molar-refractivity contribution >= 4 is 16.9 Å². The van der Waals surface area contributed by atoms with E-state index in [0.29, 0.717) is 0 Å². The Morgan fingerprint density at radius 1 is 1.35 bits per heavy atom. The van der Waals surface area contributed by atoms with Crippen molar-refractivity contribution in [2.75, 3.05) is 0 Å². The van der Waals surface area contributed by atoms with Crippen LogP contribution in [0.3, 0.4) is 0 Å². The molecule has 0 atom stereocenters. The summed E-state index contributed by atoms with van der Waals surface area (Å²) in [5.74, 6) is -1.21. The molecule has 104 valence electrons. The first kappa shape index (κ1) is 13.9. The Balaban J connectivity index is 2.76. The largest absolute Gasteiger partial charge is 0.422 e. The SMILES string of the molecule is C=CC(=O)Oc1cc(=O)oc2c(C(F)(F)F)cccc12. The van der Waals surface area contributed by atoms with Crippen molar-refractivity contribution in [3.05, 3.63) is 52.9 Å². The average Bonchev–Trinajstić information content (AvgIpc) is 2.36. The fraction of sp³-hybridized carbons (Fsp3) is 0.0769. The van der Waals surface area contributed by atoms with Crippen LogP contribution in [0.15, 0.2) is 46.1 Å². The van der Waals surface area contributed by atoms with E-state index in [1.165, 1.54) is 6.07 Å². The summed E-state index contributed by atoms with van der Waals surface area (Å²) in [5.41, 5.74) is -2.86. The lowest BCUT2D eigenvalue weighted by Crippen LogP contribution is -2.10. The Morgan fingerprint density at radius 3 is 2.65 bits per heavy atom. The number of para-hydroxylation sites is 1. The van der Waals surface area contributed by atoms with E-state index in [1.807, 2.05) is 0 Å². The van der Waals surface area contributed by atoms with Gasteiger partial charge >= 0.3 is 17.8 Å². The summed E-state index contributed by atoms with van der Waals surface area (Å²) < 4.78 is 47.8. The van der Waals surface area contributed by atoms with Crippen LogP contribution in [0, 0.1) is 0 Å². The fourth-order valence-corrected chi connectivity index (χ4v) is 1.61. The molecule has 0 fully saturated rings.